The number of carbonyl (C=O) groups excluding carboxylic acids is 2. The van der Waals surface area contributed by atoms with E-state index in [2.05, 4.69) is 21.2 Å². The van der Waals surface area contributed by atoms with Crippen LogP contribution in [-0.4, -0.2) is 29.5 Å². The Kier molecular flexibility index (Phi) is 6.97. The molecule has 1 heterocycles. The second kappa shape index (κ2) is 10.1. The van der Waals surface area contributed by atoms with E-state index >= 15 is 0 Å². The van der Waals surface area contributed by atoms with Crippen LogP contribution in [0.15, 0.2) is 59.1 Å². The van der Waals surface area contributed by atoms with Crippen molar-refractivity contribution in [1.82, 2.24) is 10.3 Å². The van der Waals surface area contributed by atoms with E-state index in [1.165, 1.54) is 12.8 Å². The zero-order valence-electron chi connectivity index (χ0n) is 17.3. The van der Waals surface area contributed by atoms with Gasteiger partial charge in [0.15, 0.2) is 6.61 Å². The van der Waals surface area contributed by atoms with Gasteiger partial charge in [0.25, 0.3) is 5.91 Å². The number of rotatable bonds is 5. The third kappa shape index (κ3) is 5.50. The molecule has 1 amide bonds. The summed E-state index contributed by atoms with van der Waals surface area (Å²) in [5.74, 6) is -0.767. The van der Waals surface area contributed by atoms with E-state index < -0.39 is 5.97 Å². The minimum Gasteiger partial charge on any atom is -0.452 e. The number of halogens is 1. The van der Waals surface area contributed by atoms with Crippen molar-refractivity contribution in [2.75, 3.05) is 6.61 Å². The lowest BCUT2D eigenvalue weighted by atomic mass is 10.0. The third-order valence-corrected chi connectivity index (χ3v) is 6.10. The monoisotopic (exact) mass is 480 g/mol. The van der Waals surface area contributed by atoms with Gasteiger partial charge in [0.2, 0.25) is 0 Å². The second-order valence-corrected chi connectivity index (χ2v) is 8.83. The summed E-state index contributed by atoms with van der Waals surface area (Å²) in [6.45, 7) is -0.280. The maximum atomic E-state index is 12.9. The molecule has 1 aromatic heterocycles. The van der Waals surface area contributed by atoms with Crippen molar-refractivity contribution in [2.45, 2.75) is 44.6 Å². The fourth-order valence-electron chi connectivity index (χ4n) is 4.04. The number of pyridine rings is 1. The van der Waals surface area contributed by atoms with Gasteiger partial charge >= 0.3 is 5.97 Å². The van der Waals surface area contributed by atoms with Crippen LogP contribution in [-0.2, 0) is 9.53 Å². The number of esters is 1. The lowest BCUT2D eigenvalue weighted by molar-refractivity contribution is -0.125. The van der Waals surface area contributed by atoms with Crippen molar-refractivity contribution in [2.24, 2.45) is 0 Å². The molecule has 1 fully saturated rings. The second-order valence-electron chi connectivity index (χ2n) is 7.91. The van der Waals surface area contributed by atoms with E-state index in [0.29, 0.717) is 22.2 Å². The maximum Gasteiger partial charge on any atom is 0.339 e. The summed E-state index contributed by atoms with van der Waals surface area (Å²) in [6.07, 6.45) is 6.68. The fourth-order valence-corrected chi connectivity index (χ4v) is 4.44. The van der Waals surface area contributed by atoms with Crippen LogP contribution in [0.4, 0.5) is 0 Å². The predicted molar refractivity (Wildman–Crippen MR) is 125 cm³/mol. The maximum absolute atomic E-state index is 12.9. The van der Waals surface area contributed by atoms with E-state index in [1.807, 2.05) is 48.5 Å². The van der Waals surface area contributed by atoms with Gasteiger partial charge in [-0.25, -0.2) is 9.78 Å². The van der Waals surface area contributed by atoms with Crippen molar-refractivity contribution in [3.05, 3.63) is 64.6 Å². The molecule has 5 nitrogen and oxygen atoms in total. The summed E-state index contributed by atoms with van der Waals surface area (Å²) in [4.78, 5) is 30.0. The molecule has 1 N–H and O–H groups in total. The van der Waals surface area contributed by atoms with Crippen LogP contribution >= 0.6 is 15.9 Å². The Hall–Kier alpha value is -2.73. The molecule has 1 aliphatic carbocycles. The van der Waals surface area contributed by atoms with Crippen LogP contribution in [0, 0.1) is 0 Å². The first-order chi connectivity index (χ1) is 15.1. The summed E-state index contributed by atoms with van der Waals surface area (Å²) in [6, 6.07) is 17.1. The van der Waals surface area contributed by atoms with Crippen molar-refractivity contribution in [3.8, 4) is 11.3 Å². The molecule has 160 valence electrons. The number of amides is 1. The van der Waals surface area contributed by atoms with Gasteiger partial charge < -0.3 is 10.1 Å². The van der Waals surface area contributed by atoms with E-state index in [0.717, 1.165) is 35.7 Å². The van der Waals surface area contributed by atoms with Gasteiger partial charge in [0.1, 0.15) is 0 Å². The largest absolute Gasteiger partial charge is 0.452 e. The molecule has 1 aliphatic rings. The van der Waals surface area contributed by atoms with Gasteiger partial charge in [-0.15, -0.1) is 0 Å². The van der Waals surface area contributed by atoms with Crippen LogP contribution in [0.5, 0.6) is 0 Å². The van der Waals surface area contributed by atoms with Crippen LogP contribution in [0.3, 0.4) is 0 Å². The summed E-state index contributed by atoms with van der Waals surface area (Å²) >= 11 is 3.48. The first-order valence-electron chi connectivity index (χ1n) is 10.7. The van der Waals surface area contributed by atoms with Crippen LogP contribution in [0.1, 0.15) is 48.9 Å². The predicted octanol–water partition coefficient (Wildman–Crippen LogP) is 5.66. The Morgan fingerprint density at radius 3 is 2.55 bits per heavy atom. The highest BCUT2D eigenvalue weighted by Crippen LogP contribution is 2.27. The van der Waals surface area contributed by atoms with E-state index in [9.17, 15) is 9.59 Å². The summed E-state index contributed by atoms with van der Waals surface area (Å²) < 4.78 is 6.33. The standard InChI is InChI=1S/C25H25BrN2O3/c26-18-9-7-8-17(14-18)23-15-21(20-12-5-6-13-22(20)28-23)25(30)31-16-24(29)27-19-10-3-1-2-4-11-19/h5-9,12-15,19H,1-4,10-11,16H2,(H,27,29). The highest BCUT2D eigenvalue weighted by Gasteiger charge is 2.19. The minimum absolute atomic E-state index is 0.179. The van der Waals surface area contributed by atoms with Crippen LogP contribution in [0.25, 0.3) is 22.2 Å². The molecule has 0 saturated heterocycles. The number of para-hydroxylation sites is 1. The Morgan fingerprint density at radius 2 is 1.77 bits per heavy atom. The molecule has 31 heavy (non-hydrogen) atoms. The number of carbonyl (C=O) groups is 2. The smallest absolute Gasteiger partial charge is 0.339 e. The SMILES string of the molecule is O=C(COC(=O)c1cc(-c2cccc(Br)c2)nc2ccccc12)NC1CCCCCC1. The van der Waals surface area contributed by atoms with E-state index in [-0.39, 0.29) is 18.6 Å². The Labute approximate surface area is 190 Å². The lowest BCUT2D eigenvalue weighted by Crippen LogP contribution is -2.37. The molecule has 0 bridgehead atoms. The molecule has 0 spiro atoms. The summed E-state index contributed by atoms with van der Waals surface area (Å²) in [7, 11) is 0. The number of benzene rings is 2. The molecule has 0 atom stereocenters. The summed E-state index contributed by atoms with van der Waals surface area (Å²) in [5.41, 5.74) is 2.67. The highest BCUT2D eigenvalue weighted by molar-refractivity contribution is 9.10. The van der Waals surface area contributed by atoms with Crippen LogP contribution in [0.2, 0.25) is 0 Å². The molecule has 0 unspecified atom stereocenters. The number of fused-ring (bicyclic) bond motifs is 1. The van der Waals surface area contributed by atoms with Gasteiger partial charge in [-0.3, -0.25) is 4.79 Å². The molecule has 1 saturated carbocycles. The molecule has 3 aromatic rings. The number of nitrogens with one attached hydrogen (secondary N) is 1. The van der Waals surface area contributed by atoms with Gasteiger partial charge in [0, 0.05) is 21.5 Å². The van der Waals surface area contributed by atoms with Crippen molar-refractivity contribution < 1.29 is 14.3 Å². The number of hydrogen-bond donors (Lipinski definition) is 1. The number of ether oxygens (including phenoxy) is 1. The van der Waals surface area contributed by atoms with E-state index in [4.69, 9.17) is 9.72 Å². The summed E-state index contributed by atoms with van der Waals surface area (Å²) in [5, 5.41) is 3.72. The highest BCUT2D eigenvalue weighted by atomic mass is 79.9. The number of aromatic nitrogens is 1. The molecular weight excluding hydrogens is 456 g/mol. The van der Waals surface area contributed by atoms with Crippen molar-refractivity contribution >= 4 is 38.7 Å². The number of nitrogens with zero attached hydrogens (tertiary/aromatic N) is 1. The number of hydrogen-bond acceptors (Lipinski definition) is 4. The van der Waals surface area contributed by atoms with Gasteiger partial charge in [-0.05, 0) is 37.1 Å². The van der Waals surface area contributed by atoms with Crippen LogP contribution < -0.4 is 5.32 Å². The van der Waals surface area contributed by atoms with E-state index in [1.54, 1.807) is 6.07 Å². The average Bonchev–Trinajstić information content (AvgIpc) is 3.05. The molecule has 0 radical (unpaired) electrons. The first kappa shape index (κ1) is 21.5. The van der Waals surface area contributed by atoms with Gasteiger partial charge in [0.05, 0.1) is 16.8 Å². The fraction of sp³-hybridized carbons (Fsp3) is 0.320. The minimum atomic E-state index is -0.522. The molecule has 4 rings (SSSR count). The lowest BCUT2D eigenvalue weighted by Gasteiger charge is -2.16. The Morgan fingerprint density at radius 1 is 1.00 bits per heavy atom. The Balaban J connectivity index is 1.52. The van der Waals surface area contributed by atoms with Gasteiger partial charge in [-0.1, -0.05) is 71.9 Å². The molecule has 0 aliphatic heterocycles. The Bertz CT molecular complexity index is 1090. The van der Waals surface area contributed by atoms with Crippen molar-refractivity contribution in [3.63, 3.8) is 0 Å². The molecule has 6 heteroatoms. The van der Waals surface area contributed by atoms with Crippen molar-refractivity contribution in [1.29, 1.82) is 0 Å². The third-order valence-electron chi connectivity index (χ3n) is 5.61. The van der Waals surface area contributed by atoms with Gasteiger partial charge in [-0.2, -0.15) is 0 Å². The molecular formula is C25H25BrN2O3. The normalized spacial score (nSPS) is 14.7. The molecule has 2 aromatic carbocycles. The first-order valence-corrected chi connectivity index (χ1v) is 11.5. The quantitative estimate of drug-likeness (QED) is 0.377. The zero-order chi connectivity index (χ0) is 21.6. The zero-order valence-corrected chi connectivity index (χ0v) is 18.9. The average molecular weight is 481 g/mol. The topological polar surface area (TPSA) is 68.3 Å².